The van der Waals surface area contributed by atoms with Gasteiger partial charge in [-0.05, 0) is 12.1 Å². The van der Waals surface area contributed by atoms with Gasteiger partial charge in [0.05, 0.1) is 5.22 Å². The maximum Gasteiger partial charge on any atom is 0.340 e. The summed E-state index contributed by atoms with van der Waals surface area (Å²) in [4.78, 5) is 11.0. The van der Waals surface area contributed by atoms with Gasteiger partial charge in [-0.25, -0.2) is 4.79 Å². The molecule has 1 aromatic carbocycles. The summed E-state index contributed by atoms with van der Waals surface area (Å²) in [7, 11) is 1.19. The number of hydrogen-bond acceptors (Lipinski definition) is 3. The first-order chi connectivity index (χ1) is 6.61. The number of hydroxylamine groups is 1. The Bertz CT molecular complexity index is 372. The number of aromatic carboxylic acids is 1. The molecule has 0 aromatic heterocycles. The molecule has 0 fully saturated rings. The van der Waals surface area contributed by atoms with Crippen LogP contribution in [0.3, 0.4) is 0 Å². The van der Waals surface area contributed by atoms with Crippen molar-refractivity contribution in [3.8, 4) is 0 Å². The van der Waals surface area contributed by atoms with Crippen LogP contribution in [0.5, 0.6) is 0 Å². The summed E-state index contributed by atoms with van der Waals surface area (Å²) in [6.07, 6.45) is 0. The van der Waals surface area contributed by atoms with Crippen molar-refractivity contribution < 1.29 is 14.8 Å². The van der Waals surface area contributed by atoms with Crippen molar-refractivity contribution in [2.75, 3.05) is 12.5 Å². The smallest absolute Gasteiger partial charge is 0.340 e. The minimum atomic E-state index is -1.07. The average molecular weight is 195 g/mol. The number of benzene rings is 1. The largest absolute Gasteiger partial charge is 0.696 e. The van der Waals surface area contributed by atoms with E-state index in [0.717, 1.165) is 0 Å². The van der Waals surface area contributed by atoms with Gasteiger partial charge in [0.1, 0.15) is 12.6 Å². The standard InChI is InChI=1S/C8H9N3O3/c1-11(14)10-9-7-5-3-2-4-6(7)8(12)13/h2-5,9H,1H3,(H,12,13)/b11-10-. The van der Waals surface area contributed by atoms with Crippen molar-refractivity contribution in [1.29, 1.82) is 0 Å². The number of rotatable bonds is 3. The molecular weight excluding hydrogens is 186 g/mol. The summed E-state index contributed by atoms with van der Waals surface area (Å²) in [5, 5.41) is 22.5. The summed E-state index contributed by atoms with van der Waals surface area (Å²) >= 11 is 0. The van der Waals surface area contributed by atoms with Crippen molar-refractivity contribution in [3.63, 3.8) is 0 Å². The van der Waals surface area contributed by atoms with E-state index in [0.29, 0.717) is 4.86 Å². The van der Waals surface area contributed by atoms with E-state index in [1.807, 2.05) is 0 Å². The normalized spacial score (nSPS) is 11.1. The molecule has 2 N–H and O–H groups in total. The maximum absolute atomic E-state index is 10.7. The third-order valence-corrected chi connectivity index (χ3v) is 1.47. The third kappa shape index (κ3) is 2.44. The second-order valence-corrected chi connectivity index (χ2v) is 2.53. The summed E-state index contributed by atoms with van der Waals surface area (Å²) in [5.74, 6) is -1.07. The lowest BCUT2D eigenvalue weighted by atomic mass is 10.2. The van der Waals surface area contributed by atoms with E-state index < -0.39 is 5.97 Å². The molecule has 0 unspecified atom stereocenters. The zero-order chi connectivity index (χ0) is 10.6. The van der Waals surface area contributed by atoms with Gasteiger partial charge < -0.3 is 10.3 Å². The molecule has 0 heterocycles. The first-order valence-electron chi connectivity index (χ1n) is 3.81. The van der Waals surface area contributed by atoms with Gasteiger partial charge in [-0.15, -0.1) is 5.43 Å². The topological polar surface area (TPSA) is 87.8 Å². The van der Waals surface area contributed by atoms with Crippen molar-refractivity contribution in [2.24, 2.45) is 5.22 Å². The van der Waals surface area contributed by atoms with Gasteiger partial charge in [0.2, 0.25) is 0 Å². The van der Waals surface area contributed by atoms with Gasteiger partial charge in [-0.2, -0.15) is 4.86 Å². The predicted molar refractivity (Wildman–Crippen MR) is 49.0 cm³/mol. The molecule has 0 spiro atoms. The minimum Gasteiger partial charge on any atom is -0.696 e. The molecule has 0 bridgehead atoms. The molecule has 0 aliphatic rings. The highest BCUT2D eigenvalue weighted by Crippen LogP contribution is 2.14. The molecule has 0 radical (unpaired) electrons. The molecular formula is C8H9N3O3. The van der Waals surface area contributed by atoms with Gasteiger partial charge in [-0.3, -0.25) is 0 Å². The number of carboxylic acids is 1. The van der Waals surface area contributed by atoms with Gasteiger partial charge >= 0.3 is 5.97 Å². The molecule has 0 atom stereocenters. The second kappa shape index (κ2) is 4.22. The lowest BCUT2D eigenvalue weighted by Gasteiger charge is -2.00. The molecule has 0 saturated carbocycles. The van der Waals surface area contributed by atoms with Crippen molar-refractivity contribution >= 4 is 11.7 Å². The van der Waals surface area contributed by atoms with E-state index >= 15 is 0 Å². The van der Waals surface area contributed by atoms with Crippen molar-refractivity contribution in [2.45, 2.75) is 0 Å². The molecule has 0 amide bonds. The van der Waals surface area contributed by atoms with Crippen LogP contribution in [-0.4, -0.2) is 23.0 Å². The van der Waals surface area contributed by atoms with Crippen molar-refractivity contribution in [1.82, 2.24) is 0 Å². The molecule has 0 aliphatic carbocycles. The second-order valence-electron chi connectivity index (χ2n) is 2.53. The number of hydrogen-bond donors (Lipinski definition) is 2. The van der Waals surface area contributed by atoms with E-state index in [2.05, 4.69) is 10.6 Å². The lowest BCUT2D eigenvalue weighted by molar-refractivity contribution is -0.497. The molecule has 6 nitrogen and oxygen atoms in total. The van der Waals surface area contributed by atoms with E-state index in [4.69, 9.17) is 5.11 Å². The van der Waals surface area contributed by atoms with E-state index in [9.17, 15) is 10.0 Å². The fourth-order valence-electron chi connectivity index (χ4n) is 0.891. The van der Waals surface area contributed by atoms with Gasteiger partial charge in [-0.1, -0.05) is 12.1 Å². The van der Waals surface area contributed by atoms with Crippen molar-refractivity contribution in [3.05, 3.63) is 35.0 Å². The monoisotopic (exact) mass is 195 g/mol. The highest BCUT2D eigenvalue weighted by Gasteiger charge is 2.11. The SMILES string of the molecule is C/[N+]([O-])=N/Nc1ccccc1C(=O)O. The number of nitrogens with zero attached hydrogens (tertiary/aromatic N) is 2. The third-order valence-electron chi connectivity index (χ3n) is 1.47. The Kier molecular flexibility index (Phi) is 3.01. The fourth-order valence-corrected chi connectivity index (χ4v) is 0.891. The van der Waals surface area contributed by atoms with Crippen LogP contribution in [0.25, 0.3) is 0 Å². The van der Waals surface area contributed by atoms with Crippen LogP contribution in [-0.2, 0) is 0 Å². The highest BCUT2D eigenvalue weighted by molar-refractivity contribution is 5.94. The molecule has 74 valence electrons. The molecule has 1 rings (SSSR count). The predicted octanol–water partition coefficient (Wildman–Crippen LogP) is 1.30. The Morgan fingerprint density at radius 3 is 2.79 bits per heavy atom. The first-order valence-corrected chi connectivity index (χ1v) is 3.81. The van der Waals surface area contributed by atoms with Crippen LogP contribution in [0.15, 0.2) is 29.5 Å². The average Bonchev–Trinajstić information content (AvgIpc) is 2.15. The van der Waals surface area contributed by atoms with Gasteiger partial charge in [0.15, 0.2) is 5.69 Å². The van der Waals surface area contributed by atoms with E-state index in [1.54, 1.807) is 12.1 Å². The summed E-state index contributed by atoms with van der Waals surface area (Å²) in [6.45, 7) is 0. The van der Waals surface area contributed by atoms with E-state index in [1.165, 1.54) is 19.2 Å². The Hall–Kier alpha value is -2.11. The Labute approximate surface area is 80.0 Å². The zero-order valence-corrected chi connectivity index (χ0v) is 7.47. The molecule has 0 aliphatic heterocycles. The van der Waals surface area contributed by atoms with E-state index in [-0.39, 0.29) is 11.3 Å². The summed E-state index contributed by atoms with van der Waals surface area (Å²) < 4.78 is 0. The van der Waals surface area contributed by atoms with Crippen LogP contribution in [0.4, 0.5) is 5.69 Å². The fraction of sp³-hybridized carbons (Fsp3) is 0.125. The van der Waals surface area contributed by atoms with Gasteiger partial charge in [0, 0.05) is 0 Å². The minimum absolute atomic E-state index is 0.0677. The quantitative estimate of drug-likeness (QED) is 0.432. The Morgan fingerprint density at radius 2 is 2.21 bits per heavy atom. The molecule has 1 aromatic rings. The number of carboxylic acid groups (broad SMARTS) is 1. The van der Waals surface area contributed by atoms with Crippen LogP contribution in [0.2, 0.25) is 0 Å². The maximum atomic E-state index is 10.7. The number of carbonyl (C=O) groups is 1. The van der Waals surface area contributed by atoms with Crippen LogP contribution in [0, 0.1) is 5.21 Å². The number of para-hydroxylation sites is 1. The van der Waals surface area contributed by atoms with Crippen LogP contribution in [0.1, 0.15) is 10.4 Å². The number of anilines is 1. The van der Waals surface area contributed by atoms with Crippen LogP contribution >= 0.6 is 0 Å². The summed E-state index contributed by atoms with van der Waals surface area (Å²) in [6, 6.07) is 6.19. The molecule has 6 heteroatoms. The van der Waals surface area contributed by atoms with Crippen LogP contribution < -0.4 is 5.43 Å². The zero-order valence-electron chi connectivity index (χ0n) is 7.47. The number of nitrogens with one attached hydrogen (secondary N) is 1. The van der Waals surface area contributed by atoms with Gasteiger partial charge in [0.25, 0.3) is 0 Å². The highest BCUT2D eigenvalue weighted by atomic mass is 16.5. The Morgan fingerprint density at radius 1 is 1.57 bits per heavy atom. The Balaban J connectivity index is 2.96. The summed E-state index contributed by atoms with van der Waals surface area (Å²) in [5.41, 5.74) is 2.70. The first kappa shape index (κ1) is 9.97. The lowest BCUT2D eigenvalue weighted by Crippen LogP contribution is -2.03. The molecule has 14 heavy (non-hydrogen) atoms. The molecule has 0 saturated heterocycles.